The van der Waals surface area contributed by atoms with E-state index in [1.807, 2.05) is 13.8 Å². The van der Waals surface area contributed by atoms with Gasteiger partial charge in [0.15, 0.2) is 6.39 Å². The summed E-state index contributed by atoms with van der Waals surface area (Å²) >= 11 is 0. The fourth-order valence-electron chi connectivity index (χ4n) is 2.87. The molecule has 2 rings (SSSR count). The van der Waals surface area contributed by atoms with Gasteiger partial charge in [-0.1, -0.05) is 13.8 Å². The van der Waals surface area contributed by atoms with Crippen molar-refractivity contribution < 1.29 is 9.52 Å². The van der Waals surface area contributed by atoms with Gasteiger partial charge in [-0.3, -0.25) is 4.90 Å². The highest BCUT2D eigenvalue weighted by atomic mass is 16.3. The number of rotatable bonds is 4. The second-order valence-electron chi connectivity index (χ2n) is 6.10. The van der Waals surface area contributed by atoms with E-state index >= 15 is 0 Å². The first-order valence-electron chi connectivity index (χ1n) is 6.78. The fourth-order valence-corrected chi connectivity index (χ4v) is 2.87. The molecule has 0 aromatic carbocycles. The molecule has 0 bridgehead atoms. The number of nitrogens with zero attached hydrogens (tertiary/aromatic N) is 2. The smallest absolute Gasteiger partial charge is 0.181 e. The summed E-state index contributed by atoms with van der Waals surface area (Å²) in [5.74, 6) is 1.32. The largest absolute Gasteiger partial charge is 0.448 e. The number of oxazole rings is 1. The van der Waals surface area contributed by atoms with Crippen LogP contribution in [-0.2, 0) is 6.54 Å². The Kier molecular flexibility index (Phi) is 3.78. The predicted molar refractivity (Wildman–Crippen MR) is 70.3 cm³/mol. The Morgan fingerprint density at radius 1 is 1.56 bits per heavy atom. The van der Waals surface area contributed by atoms with E-state index in [1.165, 1.54) is 6.39 Å². The summed E-state index contributed by atoms with van der Waals surface area (Å²) in [6, 6.07) is 0.217. The highest BCUT2D eigenvalue weighted by Crippen LogP contribution is 2.29. The molecule has 1 fully saturated rings. The van der Waals surface area contributed by atoms with E-state index in [1.54, 1.807) is 0 Å². The molecule has 1 saturated heterocycles. The molecule has 0 spiro atoms. The topological polar surface area (TPSA) is 49.5 Å². The molecule has 2 heterocycles. The number of hydrogen-bond acceptors (Lipinski definition) is 4. The number of aromatic nitrogens is 1. The molecule has 1 aliphatic rings. The van der Waals surface area contributed by atoms with Crippen LogP contribution in [-0.4, -0.2) is 33.2 Å². The van der Waals surface area contributed by atoms with Gasteiger partial charge in [0, 0.05) is 18.5 Å². The predicted octanol–water partition coefficient (Wildman–Crippen LogP) is 2.53. The van der Waals surface area contributed by atoms with Crippen molar-refractivity contribution >= 4 is 0 Å². The molecule has 0 aliphatic carbocycles. The minimum atomic E-state index is -0.655. The second kappa shape index (κ2) is 5.02. The summed E-state index contributed by atoms with van der Waals surface area (Å²) in [5.41, 5.74) is 0.360. The van der Waals surface area contributed by atoms with Crippen LogP contribution in [0, 0.1) is 0 Å². The summed E-state index contributed by atoms with van der Waals surface area (Å²) in [7, 11) is 0. The average Bonchev–Trinajstić information content (AvgIpc) is 2.85. The average molecular weight is 252 g/mol. The SMILES string of the molecule is CC(C)c1ocnc1CN1CCCC1C(C)(C)O. The van der Waals surface area contributed by atoms with Gasteiger partial charge in [0.05, 0.1) is 11.3 Å². The Morgan fingerprint density at radius 3 is 2.89 bits per heavy atom. The lowest BCUT2D eigenvalue weighted by Gasteiger charge is -2.33. The normalized spacial score (nSPS) is 22.0. The summed E-state index contributed by atoms with van der Waals surface area (Å²) < 4.78 is 5.46. The van der Waals surface area contributed by atoms with E-state index in [9.17, 15) is 5.11 Å². The molecule has 4 nitrogen and oxygen atoms in total. The highest BCUT2D eigenvalue weighted by Gasteiger charge is 2.36. The molecule has 1 atom stereocenters. The molecule has 1 N–H and O–H groups in total. The highest BCUT2D eigenvalue weighted by molar-refractivity contribution is 5.12. The van der Waals surface area contributed by atoms with Crippen molar-refractivity contribution in [2.45, 2.75) is 64.6 Å². The monoisotopic (exact) mass is 252 g/mol. The number of hydrogen-bond donors (Lipinski definition) is 1. The molecule has 0 saturated carbocycles. The molecule has 0 radical (unpaired) electrons. The standard InChI is InChI=1S/C14H24N2O2/c1-10(2)13-11(15-9-18-13)8-16-7-5-6-12(16)14(3,4)17/h9-10,12,17H,5-8H2,1-4H3. The molecular formula is C14H24N2O2. The third-order valence-corrected chi connectivity index (χ3v) is 3.73. The summed E-state index contributed by atoms with van der Waals surface area (Å²) in [6.07, 6.45) is 3.72. The van der Waals surface area contributed by atoms with Gasteiger partial charge in [-0.2, -0.15) is 0 Å². The van der Waals surface area contributed by atoms with Gasteiger partial charge in [-0.25, -0.2) is 4.98 Å². The maximum atomic E-state index is 10.2. The van der Waals surface area contributed by atoms with Crippen LogP contribution in [0.2, 0.25) is 0 Å². The molecule has 102 valence electrons. The second-order valence-corrected chi connectivity index (χ2v) is 6.10. The zero-order valence-electron chi connectivity index (χ0n) is 11.8. The van der Waals surface area contributed by atoms with Gasteiger partial charge in [0.25, 0.3) is 0 Å². The number of likely N-dealkylation sites (tertiary alicyclic amines) is 1. The van der Waals surface area contributed by atoms with Crippen LogP contribution in [0.4, 0.5) is 0 Å². The minimum Gasteiger partial charge on any atom is -0.448 e. The first-order valence-corrected chi connectivity index (χ1v) is 6.78. The van der Waals surface area contributed by atoms with Crippen molar-refractivity contribution in [2.75, 3.05) is 6.54 Å². The van der Waals surface area contributed by atoms with E-state index < -0.39 is 5.60 Å². The van der Waals surface area contributed by atoms with Crippen LogP contribution in [0.1, 0.15) is 57.9 Å². The Hall–Kier alpha value is -0.870. The van der Waals surface area contributed by atoms with E-state index in [0.717, 1.165) is 37.4 Å². The Bertz CT molecular complexity index is 393. The molecule has 1 unspecified atom stereocenters. The lowest BCUT2D eigenvalue weighted by molar-refractivity contribution is -0.00549. The van der Waals surface area contributed by atoms with Crippen LogP contribution in [0.25, 0.3) is 0 Å². The summed E-state index contributed by atoms with van der Waals surface area (Å²) in [6.45, 7) is 9.81. The third kappa shape index (κ3) is 2.75. The molecule has 0 amide bonds. The van der Waals surface area contributed by atoms with Gasteiger partial charge in [-0.15, -0.1) is 0 Å². The Morgan fingerprint density at radius 2 is 2.28 bits per heavy atom. The van der Waals surface area contributed by atoms with E-state index in [4.69, 9.17) is 4.42 Å². The van der Waals surface area contributed by atoms with Crippen molar-refractivity contribution in [3.8, 4) is 0 Å². The fraction of sp³-hybridized carbons (Fsp3) is 0.786. The first-order chi connectivity index (χ1) is 8.39. The first kappa shape index (κ1) is 13.6. The molecule has 1 aliphatic heterocycles. The van der Waals surface area contributed by atoms with Gasteiger partial charge in [-0.05, 0) is 33.2 Å². The van der Waals surface area contributed by atoms with Crippen molar-refractivity contribution in [3.63, 3.8) is 0 Å². The lowest BCUT2D eigenvalue weighted by Crippen LogP contribution is -2.45. The lowest BCUT2D eigenvalue weighted by atomic mass is 9.96. The number of aliphatic hydroxyl groups is 1. The molecule has 1 aromatic rings. The third-order valence-electron chi connectivity index (χ3n) is 3.73. The zero-order valence-corrected chi connectivity index (χ0v) is 11.8. The summed E-state index contributed by atoms with van der Waals surface area (Å²) in [5, 5.41) is 10.2. The van der Waals surface area contributed by atoms with Crippen LogP contribution in [0.3, 0.4) is 0 Å². The maximum absolute atomic E-state index is 10.2. The van der Waals surface area contributed by atoms with Crippen LogP contribution in [0.5, 0.6) is 0 Å². The van der Waals surface area contributed by atoms with Crippen molar-refractivity contribution in [1.29, 1.82) is 0 Å². The maximum Gasteiger partial charge on any atom is 0.181 e. The van der Waals surface area contributed by atoms with Crippen molar-refractivity contribution in [2.24, 2.45) is 0 Å². The van der Waals surface area contributed by atoms with Gasteiger partial charge < -0.3 is 9.52 Å². The van der Waals surface area contributed by atoms with Crippen LogP contribution >= 0.6 is 0 Å². The summed E-state index contributed by atoms with van der Waals surface area (Å²) in [4.78, 5) is 6.65. The van der Waals surface area contributed by atoms with Crippen LogP contribution < -0.4 is 0 Å². The Balaban J connectivity index is 2.11. The van der Waals surface area contributed by atoms with Gasteiger partial charge in [0.2, 0.25) is 0 Å². The van der Waals surface area contributed by atoms with Crippen molar-refractivity contribution in [1.82, 2.24) is 9.88 Å². The zero-order chi connectivity index (χ0) is 13.3. The molecule has 1 aromatic heterocycles. The van der Waals surface area contributed by atoms with Gasteiger partial charge in [0.1, 0.15) is 5.76 Å². The molecule has 18 heavy (non-hydrogen) atoms. The van der Waals surface area contributed by atoms with Crippen LogP contribution in [0.15, 0.2) is 10.8 Å². The molecular weight excluding hydrogens is 228 g/mol. The quantitative estimate of drug-likeness (QED) is 0.894. The Labute approximate surface area is 109 Å². The van der Waals surface area contributed by atoms with E-state index in [0.29, 0.717) is 5.92 Å². The molecule has 4 heteroatoms. The van der Waals surface area contributed by atoms with E-state index in [-0.39, 0.29) is 6.04 Å². The van der Waals surface area contributed by atoms with E-state index in [2.05, 4.69) is 23.7 Å². The minimum absolute atomic E-state index is 0.217. The van der Waals surface area contributed by atoms with Gasteiger partial charge >= 0.3 is 0 Å². The van der Waals surface area contributed by atoms with Crippen molar-refractivity contribution in [3.05, 3.63) is 17.8 Å².